The van der Waals surface area contributed by atoms with Gasteiger partial charge in [-0.15, -0.1) is 0 Å². The third-order valence-electron chi connectivity index (χ3n) is 2.66. The lowest BCUT2D eigenvalue weighted by atomic mass is 10.00. The molecule has 0 aliphatic carbocycles. The van der Waals surface area contributed by atoms with Gasteiger partial charge in [-0.3, -0.25) is 10.1 Å². The first-order valence-corrected chi connectivity index (χ1v) is 5.90. The Morgan fingerprint density at radius 3 is 2.35 bits per heavy atom. The van der Waals surface area contributed by atoms with Crippen LogP contribution in [0, 0.1) is 16.0 Å². The number of nitrogens with zero attached hydrogens (tertiary/aromatic N) is 1. The smallest absolute Gasteiger partial charge is 0.269 e. The van der Waals surface area contributed by atoms with Gasteiger partial charge in [-0.2, -0.15) is 0 Å². The minimum atomic E-state index is -0.405. The number of aliphatic hydroxyl groups excluding tert-OH is 1. The molecule has 0 heterocycles. The molecule has 17 heavy (non-hydrogen) atoms. The molecule has 94 valence electrons. The summed E-state index contributed by atoms with van der Waals surface area (Å²) in [5.74, 6) is 0.488. The van der Waals surface area contributed by atoms with Gasteiger partial charge in [0.2, 0.25) is 0 Å². The first kappa shape index (κ1) is 13.6. The minimum absolute atomic E-state index is 0.108. The topological polar surface area (TPSA) is 63.4 Å². The molecule has 4 heteroatoms. The van der Waals surface area contributed by atoms with Crippen LogP contribution in [0.2, 0.25) is 0 Å². The standard InChI is InChI=1S/C13H19NO3/c1-10(2)9-13(15)8-5-11-3-6-12(7-4-11)14(16)17/h3-4,6-7,10,13,15H,5,8-9H2,1-2H3. The molecule has 1 rings (SSSR count). The van der Waals surface area contributed by atoms with Gasteiger partial charge in [-0.25, -0.2) is 0 Å². The maximum atomic E-state index is 10.5. The van der Waals surface area contributed by atoms with Gasteiger partial charge in [0.25, 0.3) is 5.69 Å². The number of rotatable bonds is 6. The Morgan fingerprint density at radius 1 is 1.29 bits per heavy atom. The fraction of sp³-hybridized carbons (Fsp3) is 0.538. The number of nitro groups is 1. The quantitative estimate of drug-likeness (QED) is 0.611. The highest BCUT2D eigenvalue weighted by atomic mass is 16.6. The number of benzene rings is 1. The third-order valence-corrected chi connectivity index (χ3v) is 2.66. The van der Waals surface area contributed by atoms with Gasteiger partial charge in [-0.1, -0.05) is 26.0 Å². The normalized spacial score (nSPS) is 12.7. The van der Waals surface area contributed by atoms with Crippen molar-refractivity contribution in [2.45, 2.75) is 39.2 Å². The van der Waals surface area contributed by atoms with Gasteiger partial charge >= 0.3 is 0 Å². The summed E-state index contributed by atoms with van der Waals surface area (Å²) < 4.78 is 0. The Bertz CT molecular complexity index is 359. The second-order valence-electron chi connectivity index (χ2n) is 4.75. The molecule has 4 nitrogen and oxygen atoms in total. The van der Waals surface area contributed by atoms with E-state index in [4.69, 9.17) is 0 Å². The molecule has 0 saturated heterocycles. The highest BCUT2D eigenvalue weighted by Gasteiger charge is 2.08. The summed E-state index contributed by atoms with van der Waals surface area (Å²) >= 11 is 0. The summed E-state index contributed by atoms with van der Waals surface area (Å²) in [7, 11) is 0. The van der Waals surface area contributed by atoms with Crippen molar-refractivity contribution in [1.82, 2.24) is 0 Å². The van der Waals surface area contributed by atoms with Crippen molar-refractivity contribution in [2.24, 2.45) is 5.92 Å². The van der Waals surface area contributed by atoms with E-state index in [1.807, 2.05) is 0 Å². The summed E-state index contributed by atoms with van der Waals surface area (Å²) in [6.07, 6.45) is 1.97. The molecule has 0 aromatic heterocycles. The average molecular weight is 237 g/mol. The van der Waals surface area contributed by atoms with Crippen LogP contribution < -0.4 is 0 Å². The number of nitro benzene ring substituents is 1. The summed E-state index contributed by atoms with van der Waals surface area (Å²) in [6, 6.07) is 6.51. The first-order valence-electron chi connectivity index (χ1n) is 5.90. The lowest BCUT2D eigenvalue weighted by Crippen LogP contribution is -2.11. The Balaban J connectivity index is 2.44. The molecule has 0 spiro atoms. The molecule has 0 aliphatic rings. The number of hydrogen-bond donors (Lipinski definition) is 1. The second kappa shape index (κ2) is 6.35. The fourth-order valence-electron chi connectivity index (χ4n) is 1.78. The zero-order valence-corrected chi connectivity index (χ0v) is 10.3. The maximum Gasteiger partial charge on any atom is 0.269 e. The van der Waals surface area contributed by atoms with Crippen LogP contribution in [-0.2, 0) is 6.42 Å². The summed E-state index contributed by atoms with van der Waals surface area (Å²) in [5.41, 5.74) is 1.13. The molecule has 0 amide bonds. The zero-order chi connectivity index (χ0) is 12.8. The minimum Gasteiger partial charge on any atom is -0.393 e. The van der Waals surface area contributed by atoms with Gasteiger partial charge in [0.05, 0.1) is 11.0 Å². The van der Waals surface area contributed by atoms with Crippen LogP contribution in [0.25, 0.3) is 0 Å². The van der Waals surface area contributed by atoms with Gasteiger partial charge in [0.1, 0.15) is 0 Å². The van der Waals surface area contributed by atoms with Crippen LogP contribution in [-0.4, -0.2) is 16.1 Å². The van der Waals surface area contributed by atoms with Gasteiger partial charge in [0.15, 0.2) is 0 Å². The van der Waals surface area contributed by atoms with Crippen LogP contribution in [0.1, 0.15) is 32.3 Å². The van der Waals surface area contributed by atoms with Crippen LogP contribution in [0.5, 0.6) is 0 Å². The molecule has 0 aliphatic heterocycles. The van der Waals surface area contributed by atoms with Crippen molar-refractivity contribution in [1.29, 1.82) is 0 Å². The number of aryl methyl sites for hydroxylation is 1. The molecule has 0 saturated carbocycles. The van der Waals surface area contributed by atoms with Crippen molar-refractivity contribution in [2.75, 3.05) is 0 Å². The number of aliphatic hydroxyl groups is 1. The molecule has 1 atom stereocenters. The fourth-order valence-corrected chi connectivity index (χ4v) is 1.78. The Morgan fingerprint density at radius 2 is 1.88 bits per heavy atom. The second-order valence-corrected chi connectivity index (χ2v) is 4.75. The van der Waals surface area contributed by atoms with Crippen molar-refractivity contribution < 1.29 is 10.0 Å². The van der Waals surface area contributed by atoms with Crippen LogP contribution in [0.4, 0.5) is 5.69 Å². The molecule has 1 aromatic carbocycles. The molecule has 1 N–H and O–H groups in total. The highest BCUT2D eigenvalue weighted by molar-refractivity contribution is 5.32. The predicted molar refractivity (Wildman–Crippen MR) is 66.9 cm³/mol. The molecule has 0 radical (unpaired) electrons. The highest BCUT2D eigenvalue weighted by Crippen LogP contribution is 2.15. The van der Waals surface area contributed by atoms with Crippen molar-refractivity contribution in [3.8, 4) is 0 Å². The maximum absolute atomic E-state index is 10.5. The summed E-state index contributed by atoms with van der Waals surface area (Å²) in [4.78, 5) is 10.1. The third kappa shape index (κ3) is 4.95. The van der Waals surface area contributed by atoms with Crippen molar-refractivity contribution >= 4 is 5.69 Å². The van der Waals surface area contributed by atoms with E-state index in [1.54, 1.807) is 12.1 Å². The molecular formula is C13H19NO3. The van der Waals surface area contributed by atoms with Gasteiger partial charge in [-0.05, 0) is 30.7 Å². The van der Waals surface area contributed by atoms with Crippen molar-refractivity contribution in [3.05, 3.63) is 39.9 Å². The van der Waals surface area contributed by atoms with Crippen LogP contribution >= 0.6 is 0 Å². The summed E-state index contributed by atoms with van der Waals surface area (Å²) in [5, 5.41) is 20.2. The van der Waals surface area contributed by atoms with Crippen molar-refractivity contribution in [3.63, 3.8) is 0 Å². The monoisotopic (exact) mass is 237 g/mol. The Kier molecular flexibility index (Phi) is 5.10. The van der Waals surface area contributed by atoms with E-state index < -0.39 is 4.92 Å². The molecule has 1 unspecified atom stereocenters. The van der Waals surface area contributed by atoms with E-state index in [2.05, 4.69) is 13.8 Å². The van der Waals surface area contributed by atoms with E-state index in [1.165, 1.54) is 12.1 Å². The van der Waals surface area contributed by atoms with E-state index in [0.717, 1.165) is 18.4 Å². The van der Waals surface area contributed by atoms with E-state index in [9.17, 15) is 15.2 Å². The largest absolute Gasteiger partial charge is 0.393 e. The number of non-ortho nitro benzene ring substituents is 1. The van der Waals surface area contributed by atoms with E-state index >= 15 is 0 Å². The predicted octanol–water partition coefficient (Wildman–Crippen LogP) is 2.93. The molecular weight excluding hydrogens is 218 g/mol. The molecule has 0 bridgehead atoms. The summed E-state index contributed by atoms with van der Waals surface area (Å²) in [6.45, 7) is 4.16. The first-order chi connectivity index (χ1) is 7.99. The Hall–Kier alpha value is -1.42. The van der Waals surface area contributed by atoms with E-state index in [0.29, 0.717) is 12.3 Å². The number of hydrogen-bond acceptors (Lipinski definition) is 3. The Labute approximate surface area is 101 Å². The molecule has 1 aromatic rings. The molecule has 0 fully saturated rings. The van der Waals surface area contributed by atoms with Crippen LogP contribution in [0.3, 0.4) is 0 Å². The lowest BCUT2D eigenvalue weighted by Gasteiger charge is -2.12. The van der Waals surface area contributed by atoms with E-state index in [-0.39, 0.29) is 11.8 Å². The van der Waals surface area contributed by atoms with Crippen LogP contribution in [0.15, 0.2) is 24.3 Å². The van der Waals surface area contributed by atoms with Gasteiger partial charge in [0, 0.05) is 12.1 Å². The van der Waals surface area contributed by atoms with Gasteiger partial charge < -0.3 is 5.11 Å². The SMILES string of the molecule is CC(C)CC(O)CCc1ccc([N+](=O)[O-])cc1. The zero-order valence-electron chi connectivity index (χ0n) is 10.3. The average Bonchev–Trinajstić information content (AvgIpc) is 2.26. The lowest BCUT2D eigenvalue weighted by molar-refractivity contribution is -0.384.